The summed E-state index contributed by atoms with van der Waals surface area (Å²) in [5.74, 6) is 0. The molecular formula is C8H5ClIN2O-. The Kier molecular flexibility index (Phi) is 2.44. The largest absolute Gasteiger partial charge is 0.756 e. The molecule has 13 heavy (non-hydrogen) atoms. The molecule has 0 saturated heterocycles. The second-order valence-electron chi connectivity index (χ2n) is 2.69. The van der Waals surface area contributed by atoms with Crippen molar-refractivity contribution >= 4 is 45.2 Å². The molecule has 0 saturated carbocycles. The van der Waals surface area contributed by atoms with Crippen LogP contribution in [-0.4, -0.2) is 10.4 Å². The summed E-state index contributed by atoms with van der Waals surface area (Å²) < 4.78 is 1.10. The summed E-state index contributed by atoms with van der Waals surface area (Å²) in [6.45, 7) is 0.286. The molecule has 0 amide bonds. The van der Waals surface area contributed by atoms with Gasteiger partial charge in [0.1, 0.15) is 0 Å². The van der Waals surface area contributed by atoms with Crippen molar-refractivity contribution in [3.8, 4) is 0 Å². The Bertz CT molecular complexity index is 380. The van der Waals surface area contributed by atoms with E-state index in [4.69, 9.17) is 11.6 Å². The predicted octanol–water partition coefficient (Wildman–Crippen LogP) is 2.83. The van der Waals surface area contributed by atoms with E-state index in [1.54, 1.807) is 0 Å². The van der Waals surface area contributed by atoms with E-state index in [2.05, 4.69) is 27.6 Å². The molecule has 0 N–H and O–H groups in total. The van der Waals surface area contributed by atoms with Crippen LogP contribution in [0, 0.1) is 8.78 Å². The topological polar surface area (TPSA) is 38.7 Å². The van der Waals surface area contributed by atoms with Crippen LogP contribution in [-0.2, 0) is 6.54 Å². The van der Waals surface area contributed by atoms with Crippen LogP contribution in [0.5, 0.6) is 0 Å². The summed E-state index contributed by atoms with van der Waals surface area (Å²) >= 11 is 7.79. The van der Waals surface area contributed by atoms with Gasteiger partial charge in [-0.2, -0.15) is 0 Å². The summed E-state index contributed by atoms with van der Waals surface area (Å²) in [4.78, 5) is 3.96. The number of hydrogen-bond donors (Lipinski definition) is 0. The molecule has 5 heteroatoms. The van der Waals surface area contributed by atoms with Crippen LogP contribution < -0.4 is 0 Å². The number of fused-ring (bicyclic) bond motifs is 1. The van der Waals surface area contributed by atoms with E-state index in [0.717, 1.165) is 14.8 Å². The first-order valence-electron chi connectivity index (χ1n) is 3.64. The number of aliphatic imine (C=N–C) groups is 1. The summed E-state index contributed by atoms with van der Waals surface area (Å²) in [6, 6.07) is 5.74. The molecule has 0 aliphatic carbocycles. The average Bonchev–Trinajstić information content (AvgIpc) is 2.08. The molecule has 0 aromatic heterocycles. The Labute approximate surface area is 94.1 Å². The van der Waals surface area contributed by atoms with Gasteiger partial charge in [0.05, 0.1) is 5.69 Å². The van der Waals surface area contributed by atoms with E-state index < -0.39 is 0 Å². The lowest BCUT2D eigenvalue weighted by Gasteiger charge is -2.32. The van der Waals surface area contributed by atoms with Gasteiger partial charge in [-0.1, -0.05) is 0 Å². The number of hydroxylamine groups is 2. The van der Waals surface area contributed by atoms with Gasteiger partial charge in [0.25, 0.3) is 0 Å². The third kappa shape index (κ3) is 1.79. The van der Waals surface area contributed by atoms with Crippen LogP contribution >= 0.6 is 34.2 Å². The Morgan fingerprint density at radius 3 is 3.08 bits per heavy atom. The van der Waals surface area contributed by atoms with Gasteiger partial charge in [-0.15, -0.1) is 0 Å². The lowest BCUT2D eigenvalue weighted by Crippen LogP contribution is -2.22. The molecule has 3 nitrogen and oxygen atoms in total. The summed E-state index contributed by atoms with van der Waals surface area (Å²) in [7, 11) is 0. The van der Waals surface area contributed by atoms with Gasteiger partial charge in [0, 0.05) is 10.1 Å². The second kappa shape index (κ2) is 3.43. The minimum Gasteiger partial charge on any atom is -0.756 e. The zero-order valence-electron chi connectivity index (χ0n) is 6.50. The first kappa shape index (κ1) is 9.23. The van der Waals surface area contributed by atoms with E-state index in [0.29, 0.717) is 5.06 Å². The van der Waals surface area contributed by atoms with Crippen molar-refractivity contribution in [2.45, 2.75) is 6.54 Å². The molecule has 1 aromatic carbocycles. The maximum absolute atomic E-state index is 11.1. The highest BCUT2D eigenvalue weighted by Gasteiger charge is 2.11. The highest BCUT2D eigenvalue weighted by atomic mass is 127. The molecule has 0 bridgehead atoms. The summed E-state index contributed by atoms with van der Waals surface area (Å²) in [6.07, 6.45) is 0. The Morgan fingerprint density at radius 1 is 1.54 bits per heavy atom. The molecule has 1 heterocycles. The first-order valence-corrected chi connectivity index (χ1v) is 5.10. The van der Waals surface area contributed by atoms with Gasteiger partial charge in [-0.25, -0.2) is 4.99 Å². The molecule has 0 spiro atoms. The summed E-state index contributed by atoms with van der Waals surface area (Å²) in [5, 5.41) is 11.8. The van der Waals surface area contributed by atoms with Gasteiger partial charge in [0.15, 0.2) is 5.29 Å². The Morgan fingerprint density at radius 2 is 2.31 bits per heavy atom. The van der Waals surface area contributed by atoms with Gasteiger partial charge in [-0.05, 0) is 58.0 Å². The van der Waals surface area contributed by atoms with E-state index in [1.165, 1.54) is 0 Å². The van der Waals surface area contributed by atoms with Crippen LogP contribution in [0.1, 0.15) is 5.56 Å². The molecule has 0 unspecified atom stereocenters. The van der Waals surface area contributed by atoms with E-state index in [1.807, 2.05) is 18.2 Å². The highest BCUT2D eigenvalue weighted by Crippen LogP contribution is 2.27. The smallest absolute Gasteiger partial charge is 0.188 e. The maximum Gasteiger partial charge on any atom is 0.188 e. The fraction of sp³-hybridized carbons (Fsp3) is 0.125. The van der Waals surface area contributed by atoms with Gasteiger partial charge >= 0.3 is 0 Å². The molecule has 1 aromatic rings. The van der Waals surface area contributed by atoms with E-state index in [9.17, 15) is 5.21 Å². The lowest BCUT2D eigenvalue weighted by molar-refractivity contribution is 0.557. The van der Waals surface area contributed by atoms with Crippen LogP contribution in [0.15, 0.2) is 23.2 Å². The predicted molar refractivity (Wildman–Crippen MR) is 61.0 cm³/mol. The van der Waals surface area contributed by atoms with Crippen molar-refractivity contribution in [3.05, 3.63) is 32.5 Å². The molecule has 0 radical (unpaired) electrons. The van der Waals surface area contributed by atoms with Crippen LogP contribution in [0.25, 0.3) is 0 Å². The van der Waals surface area contributed by atoms with Gasteiger partial charge in [0.2, 0.25) is 0 Å². The Hall–Kier alpha value is -0.330. The normalized spacial score (nSPS) is 15.3. The molecule has 0 atom stereocenters. The quantitative estimate of drug-likeness (QED) is 0.546. The van der Waals surface area contributed by atoms with Gasteiger partial charge < -0.3 is 10.3 Å². The average molecular weight is 307 g/mol. The molecule has 2 rings (SSSR count). The van der Waals surface area contributed by atoms with Crippen molar-refractivity contribution in [2.75, 3.05) is 0 Å². The molecule has 0 fully saturated rings. The van der Waals surface area contributed by atoms with Crippen LogP contribution in [0.3, 0.4) is 0 Å². The maximum atomic E-state index is 11.1. The van der Waals surface area contributed by atoms with Crippen molar-refractivity contribution in [1.29, 1.82) is 0 Å². The number of halogens is 2. The van der Waals surface area contributed by atoms with Gasteiger partial charge in [-0.3, -0.25) is 0 Å². The van der Waals surface area contributed by atoms with E-state index >= 15 is 0 Å². The van der Waals surface area contributed by atoms with Crippen molar-refractivity contribution in [3.63, 3.8) is 0 Å². The molecule has 1 aliphatic heterocycles. The zero-order chi connectivity index (χ0) is 9.42. The minimum absolute atomic E-state index is 0.00806. The minimum atomic E-state index is 0.00806. The molecular weight excluding hydrogens is 302 g/mol. The van der Waals surface area contributed by atoms with Crippen molar-refractivity contribution in [2.24, 2.45) is 4.99 Å². The van der Waals surface area contributed by atoms with Crippen molar-refractivity contribution < 1.29 is 0 Å². The fourth-order valence-electron chi connectivity index (χ4n) is 1.16. The highest BCUT2D eigenvalue weighted by molar-refractivity contribution is 14.1. The van der Waals surface area contributed by atoms with Crippen LogP contribution in [0.2, 0.25) is 0 Å². The standard InChI is InChI=1S/C8H5ClIN2O/c9-8-11-7-2-1-6(10)3-5(7)4-12(8)13/h1-3H,4H2/q-1. The number of nitrogens with zero attached hydrogens (tertiary/aromatic N) is 2. The second-order valence-corrected chi connectivity index (χ2v) is 4.27. The molecule has 1 aliphatic rings. The zero-order valence-corrected chi connectivity index (χ0v) is 9.41. The van der Waals surface area contributed by atoms with E-state index in [-0.39, 0.29) is 11.8 Å². The van der Waals surface area contributed by atoms with Crippen LogP contribution in [0.4, 0.5) is 5.69 Å². The fourth-order valence-corrected chi connectivity index (χ4v) is 1.87. The Balaban J connectivity index is 2.50. The molecule has 68 valence electrons. The van der Waals surface area contributed by atoms with Crippen molar-refractivity contribution in [1.82, 2.24) is 5.06 Å². The number of rotatable bonds is 0. The number of hydrogen-bond acceptors (Lipinski definition) is 3. The SMILES string of the molecule is [O-]N1Cc2cc(I)ccc2N=C1Cl. The third-order valence-corrected chi connectivity index (χ3v) is 2.72. The number of benzene rings is 1. The number of amidine groups is 1. The lowest BCUT2D eigenvalue weighted by atomic mass is 10.1. The monoisotopic (exact) mass is 307 g/mol. The summed E-state index contributed by atoms with van der Waals surface area (Å²) in [5.41, 5.74) is 1.71. The third-order valence-electron chi connectivity index (χ3n) is 1.77. The first-order chi connectivity index (χ1) is 6.16.